The van der Waals surface area contributed by atoms with Gasteiger partial charge in [-0.25, -0.2) is 0 Å². The number of carbonyl (C=O) groups excluding carboxylic acids is 1. The summed E-state index contributed by atoms with van der Waals surface area (Å²) in [7, 11) is 0. The number of benzene rings is 1. The fourth-order valence-corrected chi connectivity index (χ4v) is 1.39. The van der Waals surface area contributed by atoms with Crippen LogP contribution in [0.2, 0.25) is 0 Å². The van der Waals surface area contributed by atoms with Crippen LogP contribution in [0.1, 0.15) is 15.9 Å². The van der Waals surface area contributed by atoms with Gasteiger partial charge in [-0.2, -0.15) is 5.10 Å². The fourth-order valence-electron chi connectivity index (χ4n) is 1.39. The first-order valence-corrected chi connectivity index (χ1v) is 5.13. The minimum atomic E-state index is -0.513. The van der Waals surface area contributed by atoms with E-state index in [2.05, 4.69) is 15.5 Å². The zero-order valence-electron chi connectivity index (χ0n) is 9.51. The first kappa shape index (κ1) is 11.8. The quantitative estimate of drug-likeness (QED) is 0.637. The summed E-state index contributed by atoms with van der Waals surface area (Å²) >= 11 is 0. The number of nitro benzene ring substituents is 1. The van der Waals surface area contributed by atoms with E-state index in [1.54, 1.807) is 13.1 Å². The summed E-state index contributed by atoms with van der Waals surface area (Å²) in [6, 6.07) is 5.38. The smallest absolute Gasteiger partial charge is 0.269 e. The highest BCUT2D eigenvalue weighted by molar-refractivity contribution is 6.04. The second-order valence-electron chi connectivity index (χ2n) is 3.69. The molecule has 1 heterocycles. The Labute approximate surface area is 102 Å². The van der Waals surface area contributed by atoms with Crippen LogP contribution >= 0.6 is 0 Å². The average molecular weight is 246 g/mol. The van der Waals surface area contributed by atoms with Crippen LogP contribution in [0.4, 0.5) is 11.5 Å². The maximum Gasteiger partial charge on any atom is 0.269 e. The van der Waals surface area contributed by atoms with Gasteiger partial charge in [-0.1, -0.05) is 0 Å². The molecule has 0 aliphatic rings. The molecule has 0 aliphatic carbocycles. The fraction of sp³-hybridized carbons (Fsp3) is 0.0909. The molecule has 1 amide bonds. The number of H-pyrrole nitrogens is 1. The summed E-state index contributed by atoms with van der Waals surface area (Å²) in [4.78, 5) is 21.8. The van der Waals surface area contributed by atoms with Gasteiger partial charge in [-0.15, -0.1) is 0 Å². The van der Waals surface area contributed by atoms with Crippen molar-refractivity contribution >= 4 is 17.4 Å². The Morgan fingerprint density at radius 3 is 2.56 bits per heavy atom. The molecular formula is C11H10N4O3. The molecule has 0 unspecified atom stereocenters. The van der Waals surface area contributed by atoms with Gasteiger partial charge in [-0.05, 0) is 19.1 Å². The number of carbonyl (C=O) groups is 1. The lowest BCUT2D eigenvalue weighted by atomic mass is 10.2. The lowest BCUT2D eigenvalue weighted by Gasteiger charge is -2.03. The van der Waals surface area contributed by atoms with E-state index in [9.17, 15) is 14.9 Å². The normalized spacial score (nSPS) is 10.1. The van der Waals surface area contributed by atoms with Gasteiger partial charge in [0.15, 0.2) is 0 Å². The molecule has 2 N–H and O–H groups in total. The van der Waals surface area contributed by atoms with Crippen molar-refractivity contribution in [1.29, 1.82) is 0 Å². The van der Waals surface area contributed by atoms with Gasteiger partial charge in [0, 0.05) is 23.3 Å². The van der Waals surface area contributed by atoms with Crippen molar-refractivity contribution in [3.63, 3.8) is 0 Å². The van der Waals surface area contributed by atoms with Crippen LogP contribution in [-0.2, 0) is 0 Å². The van der Waals surface area contributed by atoms with E-state index >= 15 is 0 Å². The van der Waals surface area contributed by atoms with Crippen molar-refractivity contribution in [2.24, 2.45) is 0 Å². The summed E-state index contributed by atoms with van der Waals surface area (Å²) in [6.07, 6.45) is 1.59. The van der Waals surface area contributed by atoms with Crippen molar-refractivity contribution in [3.8, 4) is 0 Å². The molecule has 18 heavy (non-hydrogen) atoms. The number of aromatic nitrogens is 2. The number of nitrogens with zero attached hydrogens (tertiary/aromatic N) is 2. The van der Waals surface area contributed by atoms with Crippen molar-refractivity contribution in [2.75, 3.05) is 5.32 Å². The topological polar surface area (TPSA) is 101 Å². The Morgan fingerprint density at radius 2 is 2.06 bits per heavy atom. The molecule has 7 heteroatoms. The summed E-state index contributed by atoms with van der Waals surface area (Å²) in [5, 5.41) is 19.5. The van der Waals surface area contributed by atoms with Gasteiger partial charge < -0.3 is 5.32 Å². The number of anilines is 1. The number of nitro groups is 1. The number of aryl methyl sites for hydroxylation is 1. The zero-order chi connectivity index (χ0) is 13.1. The number of amides is 1. The summed E-state index contributed by atoms with van der Waals surface area (Å²) in [6.45, 7) is 1.80. The van der Waals surface area contributed by atoms with E-state index in [-0.39, 0.29) is 11.6 Å². The van der Waals surface area contributed by atoms with Gasteiger partial charge in [0.1, 0.15) is 5.82 Å². The van der Waals surface area contributed by atoms with E-state index in [1.165, 1.54) is 24.3 Å². The van der Waals surface area contributed by atoms with Gasteiger partial charge in [0.25, 0.3) is 11.6 Å². The van der Waals surface area contributed by atoms with Gasteiger partial charge in [0.05, 0.1) is 11.1 Å². The van der Waals surface area contributed by atoms with E-state index in [0.29, 0.717) is 11.4 Å². The molecule has 2 aromatic rings. The van der Waals surface area contributed by atoms with Crippen LogP contribution in [-0.4, -0.2) is 21.0 Å². The number of non-ortho nitro benzene ring substituents is 1. The molecule has 0 fully saturated rings. The highest BCUT2D eigenvalue weighted by Gasteiger charge is 2.11. The van der Waals surface area contributed by atoms with Crippen LogP contribution in [0.25, 0.3) is 0 Å². The highest BCUT2D eigenvalue weighted by Crippen LogP contribution is 2.14. The van der Waals surface area contributed by atoms with E-state index < -0.39 is 4.92 Å². The van der Waals surface area contributed by atoms with Crippen molar-refractivity contribution in [3.05, 3.63) is 51.7 Å². The van der Waals surface area contributed by atoms with Gasteiger partial charge in [0.2, 0.25) is 0 Å². The Morgan fingerprint density at radius 1 is 1.39 bits per heavy atom. The third kappa shape index (κ3) is 2.34. The van der Waals surface area contributed by atoms with E-state index in [4.69, 9.17) is 0 Å². The first-order valence-electron chi connectivity index (χ1n) is 5.13. The molecule has 92 valence electrons. The molecule has 0 saturated carbocycles. The van der Waals surface area contributed by atoms with Gasteiger partial charge in [-0.3, -0.25) is 20.0 Å². The number of nitrogens with one attached hydrogen (secondary N) is 2. The number of rotatable bonds is 3. The molecular weight excluding hydrogens is 236 g/mol. The Hall–Kier alpha value is -2.70. The second kappa shape index (κ2) is 4.66. The molecule has 0 saturated heterocycles. The second-order valence-corrected chi connectivity index (χ2v) is 3.69. The van der Waals surface area contributed by atoms with Crippen LogP contribution in [0, 0.1) is 17.0 Å². The lowest BCUT2D eigenvalue weighted by molar-refractivity contribution is -0.384. The molecule has 0 spiro atoms. The number of hydrogen-bond acceptors (Lipinski definition) is 4. The van der Waals surface area contributed by atoms with E-state index in [0.717, 1.165) is 5.56 Å². The van der Waals surface area contributed by atoms with Crippen LogP contribution in [0.5, 0.6) is 0 Å². The molecule has 0 radical (unpaired) electrons. The first-order chi connectivity index (χ1) is 8.58. The van der Waals surface area contributed by atoms with Crippen molar-refractivity contribution < 1.29 is 9.72 Å². The third-order valence-corrected chi connectivity index (χ3v) is 2.41. The molecule has 0 aliphatic heterocycles. The SMILES string of the molecule is Cc1cn[nH]c1NC(=O)c1ccc([N+](=O)[O-])cc1. The Kier molecular flexibility index (Phi) is 3.05. The minimum absolute atomic E-state index is 0.0516. The summed E-state index contributed by atoms with van der Waals surface area (Å²) in [5.41, 5.74) is 1.10. The summed E-state index contributed by atoms with van der Waals surface area (Å²) in [5.74, 6) is 0.163. The molecule has 0 bridgehead atoms. The van der Waals surface area contributed by atoms with Crippen LogP contribution < -0.4 is 5.32 Å². The van der Waals surface area contributed by atoms with E-state index in [1.807, 2.05) is 0 Å². The van der Waals surface area contributed by atoms with Gasteiger partial charge >= 0.3 is 0 Å². The molecule has 2 rings (SSSR count). The zero-order valence-corrected chi connectivity index (χ0v) is 9.51. The third-order valence-electron chi connectivity index (χ3n) is 2.41. The predicted molar refractivity (Wildman–Crippen MR) is 64.4 cm³/mol. The maximum atomic E-state index is 11.8. The monoisotopic (exact) mass is 246 g/mol. The number of aromatic amines is 1. The molecule has 1 aromatic carbocycles. The van der Waals surface area contributed by atoms with Crippen molar-refractivity contribution in [1.82, 2.24) is 10.2 Å². The average Bonchev–Trinajstić information content (AvgIpc) is 2.75. The van der Waals surface area contributed by atoms with Crippen molar-refractivity contribution in [2.45, 2.75) is 6.92 Å². The lowest BCUT2D eigenvalue weighted by Crippen LogP contribution is -2.12. The summed E-state index contributed by atoms with van der Waals surface area (Å²) < 4.78 is 0. The minimum Gasteiger partial charge on any atom is -0.307 e. The maximum absolute atomic E-state index is 11.8. The largest absolute Gasteiger partial charge is 0.307 e. The molecule has 0 atom stereocenters. The molecule has 1 aromatic heterocycles. The molecule has 7 nitrogen and oxygen atoms in total. The predicted octanol–water partition coefficient (Wildman–Crippen LogP) is 1.88. The standard InChI is InChI=1S/C11H10N4O3/c1-7-6-12-14-10(7)13-11(16)8-2-4-9(5-3-8)15(17)18/h2-6H,1H3,(H2,12,13,14,16). The Balaban J connectivity index is 2.14. The highest BCUT2D eigenvalue weighted by atomic mass is 16.6. The van der Waals surface area contributed by atoms with Crippen LogP contribution in [0.3, 0.4) is 0 Å². The Bertz CT molecular complexity index is 589. The number of hydrogen-bond donors (Lipinski definition) is 2. The van der Waals surface area contributed by atoms with Crippen LogP contribution in [0.15, 0.2) is 30.5 Å².